The van der Waals surface area contributed by atoms with E-state index in [4.69, 9.17) is 5.11 Å². The highest BCUT2D eigenvalue weighted by Crippen LogP contribution is 2.08. The highest BCUT2D eigenvalue weighted by atomic mass is 16.4. The van der Waals surface area contributed by atoms with Gasteiger partial charge in [-0.1, -0.05) is 12.1 Å². The summed E-state index contributed by atoms with van der Waals surface area (Å²) in [4.78, 5) is 21.9. The molecule has 0 bridgehead atoms. The van der Waals surface area contributed by atoms with Crippen LogP contribution in [0.1, 0.15) is 18.4 Å². The molecule has 0 unspecified atom stereocenters. The van der Waals surface area contributed by atoms with Gasteiger partial charge in [0.25, 0.3) is 0 Å². The van der Waals surface area contributed by atoms with Gasteiger partial charge in [-0.05, 0) is 30.2 Å². The number of carboxylic acids is 1. The first kappa shape index (κ1) is 15.6. The molecule has 2 aromatic rings. The number of carbonyl (C=O) groups is 2. The minimum atomic E-state index is -0.862. The monoisotopic (exact) mass is 302 g/mol. The van der Waals surface area contributed by atoms with E-state index in [0.29, 0.717) is 19.5 Å². The van der Waals surface area contributed by atoms with Crippen molar-refractivity contribution in [2.75, 3.05) is 6.54 Å². The van der Waals surface area contributed by atoms with Crippen molar-refractivity contribution in [2.45, 2.75) is 19.4 Å². The highest BCUT2D eigenvalue weighted by molar-refractivity contribution is 5.73. The second-order valence-electron chi connectivity index (χ2n) is 4.72. The number of benzene rings is 1. The molecule has 3 N–H and O–H groups in total. The topological polar surface area (TPSA) is 96.3 Å². The molecule has 0 spiro atoms. The maximum Gasteiger partial charge on any atom is 0.315 e. The van der Waals surface area contributed by atoms with E-state index in [1.54, 1.807) is 10.9 Å². The third-order valence-corrected chi connectivity index (χ3v) is 3.01. The molecule has 1 aromatic heterocycles. The molecule has 2 rings (SSSR count). The third kappa shape index (κ3) is 4.93. The molecule has 1 heterocycles. The van der Waals surface area contributed by atoms with Crippen LogP contribution in [0.2, 0.25) is 0 Å². The van der Waals surface area contributed by atoms with E-state index in [1.807, 2.05) is 36.5 Å². The number of amides is 2. The molecular formula is C15H18N4O3. The molecule has 0 radical (unpaired) electrons. The average molecular weight is 302 g/mol. The minimum absolute atomic E-state index is 0.0508. The van der Waals surface area contributed by atoms with Gasteiger partial charge in [0, 0.05) is 31.9 Å². The Morgan fingerprint density at radius 3 is 2.59 bits per heavy atom. The number of aromatic nitrogens is 2. The molecule has 22 heavy (non-hydrogen) atoms. The summed E-state index contributed by atoms with van der Waals surface area (Å²) in [7, 11) is 0. The summed E-state index contributed by atoms with van der Waals surface area (Å²) in [6.45, 7) is 0.751. The van der Waals surface area contributed by atoms with Crippen LogP contribution in [0.5, 0.6) is 0 Å². The van der Waals surface area contributed by atoms with Gasteiger partial charge in [-0.2, -0.15) is 5.10 Å². The number of nitrogens with zero attached hydrogens (tertiary/aromatic N) is 2. The van der Waals surface area contributed by atoms with Crippen molar-refractivity contribution in [2.24, 2.45) is 0 Å². The van der Waals surface area contributed by atoms with E-state index < -0.39 is 5.97 Å². The van der Waals surface area contributed by atoms with Crippen LogP contribution in [0.3, 0.4) is 0 Å². The largest absolute Gasteiger partial charge is 0.481 e. The number of urea groups is 1. The fourth-order valence-corrected chi connectivity index (χ4v) is 1.87. The van der Waals surface area contributed by atoms with Crippen molar-refractivity contribution in [1.29, 1.82) is 0 Å². The lowest BCUT2D eigenvalue weighted by molar-refractivity contribution is -0.137. The van der Waals surface area contributed by atoms with Crippen LogP contribution >= 0.6 is 0 Å². The first-order chi connectivity index (χ1) is 10.6. The first-order valence-electron chi connectivity index (χ1n) is 6.97. The van der Waals surface area contributed by atoms with Crippen LogP contribution < -0.4 is 10.6 Å². The van der Waals surface area contributed by atoms with Gasteiger partial charge < -0.3 is 15.7 Å². The smallest absolute Gasteiger partial charge is 0.315 e. The lowest BCUT2D eigenvalue weighted by Gasteiger charge is -2.08. The Morgan fingerprint density at radius 1 is 1.18 bits per heavy atom. The molecule has 7 nitrogen and oxygen atoms in total. The van der Waals surface area contributed by atoms with Crippen molar-refractivity contribution in [3.63, 3.8) is 0 Å². The Labute approximate surface area is 128 Å². The summed E-state index contributed by atoms with van der Waals surface area (Å²) in [6, 6.07) is 9.23. The number of carbonyl (C=O) groups excluding carboxylic acids is 1. The minimum Gasteiger partial charge on any atom is -0.481 e. The Bertz CT molecular complexity index is 608. The normalized spacial score (nSPS) is 10.2. The van der Waals surface area contributed by atoms with Crippen molar-refractivity contribution in [3.05, 3.63) is 48.3 Å². The maximum atomic E-state index is 11.5. The van der Waals surface area contributed by atoms with Gasteiger partial charge in [0.05, 0.1) is 5.69 Å². The van der Waals surface area contributed by atoms with Gasteiger partial charge >= 0.3 is 12.0 Å². The molecule has 0 atom stereocenters. The second-order valence-corrected chi connectivity index (χ2v) is 4.72. The zero-order valence-electron chi connectivity index (χ0n) is 12.0. The van der Waals surface area contributed by atoms with Gasteiger partial charge in [-0.15, -0.1) is 0 Å². The molecule has 0 saturated heterocycles. The number of nitrogens with one attached hydrogen (secondary N) is 2. The van der Waals surface area contributed by atoms with Crippen LogP contribution in [-0.4, -0.2) is 33.4 Å². The number of aliphatic carboxylic acids is 1. The van der Waals surface area contributed by atoms with Gasteiger partial charge in [0.15, 0.2) is 0 Å². The molecule has 116 valence electrons. The summed E-state index contributed by atoms with van der Waals surface area (Å²) < 4.78 is 1.76. The number of carboxylic acid groups (broad SMARTS) is 1. The summed E-state index contributed by atoms with van der Waals surface area (Å²) in [5, 5.41) is 18.0. The number of hydrogen-bond donors (Lipinski definition) is 3. The van der Waals surface area contributed by atoms with E-state index in [-0.39, 0.29) is 12.5 Å². The third-order valence-electron chi connectivity index (χ3n) is 3.01. The van der Waals surface area contributed by atoms with Gasteiger partial charge in [0.1, 0.15) is 0 Å². The molecule has 0 aliphatic carbocycles. The number of rotatable bonds is 7. The Hall–Kier alpha value is -2.83. The first-order valence-corrected chi connectivity index (χ1v) is 6.97. The van der Waals surface area contributed by atoms with Crippen molar-refractivity contribution in [3.8, 4) is 5.69 Å². The fourth-order valence-electron chi connectivity index (χ4n) is 1.87. The van der Waals surface area contributed by atoms with E-state index in [9.17, 15) is 9.59 Å². The highest BCUT2D eigenvalue weighted by Gasteiger charge is 2.02. The van der Waals surface area contributed by atoms with Gasteiger partial charge in [-0.3, -0.25) is 4.79 Å². The van der Waals surface area contributed by atoms with Crippen LogP contribution in [0.25, 0.3) is 5.69 Å². The van der Waals surface area contributed by atoms with Gasteiger partial charge in [-0.25, -0.2) is 9.48 Å². The fraction of sp³-hybridized carbons (Fsp3) is 0.267. The van der Waals surface area contributed by atoms with Crippen molar-refractivity contribution < 1.29 is 14.7 Å². The average Bonchev–Trinajstić information content (AvgIpc) is 3.04. The van der Waals surface area contributed by atoms with E-state index in [0.717, 1.165) is 11.3 Å². The molecular weight excluding hydrogens is 284 g/mol. The summed E-state index contributed by atoms with van der Waals surface area (Å²) in [5.41, 5.74) is 1.92. The lowest BCUT2D eigenvalue weighted by atomic mass is 10.2. The summed E-state index contributed by atoms with van der Waals surface area (Å²) >= 11 is 0. The zero-order chi connectivity index (χ0) is 15.8. The van der Waals surface area contributed by atoms with E-state index in [1.165, 1.54) is 0 Å². The Kier molecular flexibility index (Phi) is 5.53. The summed E-state index contributed by atoms with van der Waals surface area (Å²) in [5.74, 6) is -0.862. The molecule has 0 fully saturated rings. The standard InChI is InChI=1S/C15H18N4O3/c20-14(21)3-1-8-16-15(22)17-11-12-4-6-13(7-5-12)19-10-2-9-18-19/h2,4-7,9-10H,1,3,8,11H2,(H,20,21)(H2,16,17,22). The van der Waals surface area contributed by atoms with Crippen LogP contribution in [0.4, 0.5) is 4.79 Å². The lowest BCUT2D eigenvalue weighted by Crippen LogP contribution is -2.35. The molecule has 0 aliphatic heterocycles. The van der Waals surface area contributed by atoms with Gasteiger partial charge in [0.2, 0.25) is 0 Å². The Balaban J connectivity index is 1.72. The van der Waals surface area contributed by atoms with Crippen molar-refractivity contribution in [1.82, 2.24) is 20.4 Å². The SMILES string of the molecule is O=C(O)CCCNC(=O)NCc1ccc(-n2cccn2)cc1. The molecule has 0 saturated carbocycles. The molecule has 1 aromatic carbocycles. The predicted molar refractivity (Wildman–Crippen MR) is 80.7 cm³/mol. The predicted octanol–water partition coefficient (Wildman–Crippen LogP) is 1.54. The van der Waals surface area contributed by atoms with Crippen LogP contribution in [0.15, 0.2) is 42.7 Å². The van der Waals surface area contributed by atoms with Crippen LogP contribution in [0, 0.1) is 0 Å². The quantitative estimate of drug-likeness (QED) is 0.676. The molecule has 7 heteroatoms. The maximum absolute atomic E-state index is 11.5. The van der Waals surface area contributed by atoms with E-state index in [2.05, 4.69) is 15.7 Å². The van der Waals surface area contributed by atoms with Crippen molar-refractivity contribution >= 4 is 12.0 Å². The number of hydrogen-bond acceptors (Lipinski definition) is 3. The Morgan fingerprint density at radius 2 is 1.95 bits per heavy atom. The summed E-state index contributed by atoms with van der Waals surface area (Å²) in [6.07, 6.45) is 4.04. The molecule has 2 amide bonds. The van der Waals surface area contributed by atoms with Crippen LogP contribution in [-0.2, 0) is 11.3 Å². The molecule has 0 aliphatic rings. The van der Waals surface area contributed by atoms with E-state index >= 15 is 0 Å². The zero-order valence-corrected chi connectivity index (χ0v) is 12.0. The second kappa shape index (κ2) is 7.82.